The summed E-state index contributed by atoms with van der Waals surface area (Å²) in [6.07, 6.45) is -3.90. The van der Waals surface area contributed by atoms with Gasteiger partial charge in [0, 0.05) is 0 Å². The van der Waals surface area contributed by atoms with E-state index in [1.54, 1.807) is 0 Å². The highest BCUT2D eigenvalue weighted by atomic mass is 16.6. The first-order chi connectivity index (χ1) is 11.9. The minimum Gasteiger partial charge on any atom is -0.394 e. The molecule has 0 saturated carbocycles. The van der Waals surface area contributed by atoms with Gasteiger partial charge in [-0.15, -0.1) is 0 Å². The maximum Gasteiger partial charge on any atom is 0.327 e. The highest BCUT2D eigenvalue weighted by Gasteiger charge is 2.44. The van der Waals surface area contributed by atoms with E-state index in [0.29, 0.717) is 0 Å². The number of nitrogens with zero attached hydrogens (tertiary/aromatic N) is 3. The van der Waals surface area contributed by atoms with Crippen LogP contribution >= 0.6 is 0 Å². The van der Waals surface area contributed by atoms with E-state index >= 15 is 0 Å². The smallest absolute Gasteiger partial charge is 0.327 e. The molecule has 1 saturated heterocycles. The Morgan fingerprint density at radius 2 is 1.96 bits per heavy atom. The van der Waals surface area contributed by atoms with E-state index in [9.17, 15) is 24.9 Å². The molecule has 25 heavy (non-hydrogen) atoms. The molecule has 3 aromatic rings. The van der Waals surface area contributed by atoms with E-state index < -0.39 is 42.4 Å². The second-order valence-corrected chi connectivity index (χ2v) is 5.69. The normalized spacial score (nSPS) is 26.7. The summed E-state index contributed by atoms with van der Waals surface area (Å²) in [6.45, 7) is -0.528. The van der Waals surface area contributed by atoms with Crippen molar-refractivity contribution in [1.82, 2.24) is 24.5 Å². The maximum atomic E-state index is 12.3. The quantitative estimate of drug-likeness (QED) is 0.282. The van der Waals surface area contributed by atoms with Crippen molar-refractivity contribution in [3.8, 4) is 0 Å². The molecule has 7 N–H and O–H groups in total. The van der Waals surface area contributed by atoms with E-state index in [0.717, 1.165) is 6.33 Å². The third kappa shape index (κ3) is 2.09. The molecule has 0 radical (unpaired) electrons. The van der Waals surface area contributed by atoms with E-state index in [4.69, 9.17) is 10.5 Å². The van der Waals surface area contributed by atoms with Crippen molar-refractivity contribution in [3.05, 3.63) is 27.2 Å². The number of nitrogens with two attached hydrogens (primary N) is 1. The molecule has 0 aliphatic carbocycles. The average Bonchev–Trinajstić information content (AvgIpc) is 3.04. The molecule has 1 aliphatic rings. The van der Waals surface area contributed by atoms with Crippen molar-refractivity contribution in [2.75, 3.05) is 12.3 Å². The molecular formula is C13H14N6O6. The monoisotopic (exact) mass is 350 g/mol. The predicted octanol–water partition coefficient (Wildman–Crippen LogP) is -2.85. The SMILES string of the molecule is Nc1ncnc2c1c1c(=O)[nH]c(=O)[nH]c1n2C1OC(CO)C(O)C1O. The van der Waals surface area contributed by atoms with Crippen LogP contribution in [-0.2, 0) is 4.74 Å². The van der Waals surface area contributed by atoms with Gasteiger partial charge in [0.2, 0.25) is 0 Å². The van der Waals surface area contributed by atoms with E-state index in [1.165, 1.54) is 4.57 Å². The van der Waals surface area contributed by atoms with Gasteiger partial charge in [0.05, 0.1) is 17.4 Å². The molecule has 12 nitrogen and oxygen atoms in total. The zero-order chi connectivity index (χ0) is 17.9. The van der Waals surface area contributed by atoms with Crippen LogP contribution in [0.4, 0.5) is 5.82 Å². The van der Waals surface area contributed by atoms with E-state index in [-0.39, 0.29) is 27.9 Å². The molecular weight excluding hydrogens is 336 g/mol. The van der Waals surface area contributed by atoms with Crippen LogP contribution in [0.2, 0.25) is 0 Å². The number of hydrogen-bond acceptors (Lipinski definition) is 9. The lowest BCUT2D eigenvalue weighted by Gasteiger charge is -2.18. The van der Waals surface area contributed by atoms with Gasteiger partial charge in [0.1, 0.15) is 41.8 Å². The Morgan fingerprint density at radius 3 is 2.64 bits per heavy atom. The van der Waals surface area contributed by atoms with Gasteiger partial charge in [-0.1, -0.05) is 0 Å². The van der Waals surface area contributed by atoms with Crippen molar-refractivity contribution in [2.45, 2.75) is 24.5 Å². The fourth-order valence-corrected chi connectivity index (χ4v) is 3.15. The lowest BCUT2D eigenvalue weighted by atomic mass is 10.1. The largest absolute Gasteiger partial charge is 0.394 e. The van der Waals surface area contributed by atoms with Crippen LogP contribution in [0, 0.1) is 0 Å². The van der Waals surface area contributed by atoms with Gasteiger partial charge in [0.15, 0.2) is 6.23 Å². The highest BCUT2D eigenvalue weighted by molar-refractivity contribution is 6.09. The number of ether oxygens (including phenoxy) is 1. The molecule has 4 unspecified atom stereocenters. The number of aromatic amines is 2. The zero-order valence-corrected chi connectivity index (χ0v) is 12.6. The Kier molecular flexibility index (Phi) is 3.36. The predicted molar refractivity (Wildman–Crippen MR) is 83.7 cm³/mol. The van der Waals surface area contributed by atoms with Crippen LogP contribution in [0.25, 0.3) is 22.1 Å². The standard InChI is InChI=1S/C13H14N6O6/c14-8-4-5-10(17-13(24)18-11(5)23)19(9(4)16-2-15-8)12-7(22)6(21)3(1-20)25-12/h2-3,6-7,12,20-22H,1H2,(H2,14,15,16)(H2,17,18,23,24). The summed E-state index contributed by atoms with van der Waals surface area (Å²) in [5, 5.41) is 29.7. The van der Waals surface area contributed by atoms with Gasteiger partial charge in [-0.05, 0) is 0 Å². The molecule has 1 aliphatic heterocycles. The van der Waals surface area contributed by atoms with Crippen molar-refractivity contribution >= 4 is 27.9 Å². The molecule has 132 valence electrons. The summed E-state index contributed by atoms with van der Waals surface area (Å²) in [5.41, 5.74) is 4.50. The van der Waals surface area contributed by atoms with Crippen molar-refractivity contribution < 1.29 is 20.1 Å². The first kappa shape index (κ1) is 15.7. The molecule has 0 aromatic carbocycles. The van der Waals surface area contributed by atoms with Crippen molar-refractivity contribution in [1.29, 1.82) is 0 Å². The number of fused-ring (bicyclic) bond motifs is 3. The van der Waals surface area contributed by atoms with Crippen LogP contribution in [0.5, 0.6) is 0 Å². The van der Waals surface area contributed by atoms with E-state index in [2.05, 4.69) is 19.9 Å². The number of aliphatic hydroxyl groups excluding tert-OH is 3. The van der Waals surface area contributed by atoms with Gasteiger partial charge in [-0.3, -0.25) is 19.3 Å². The highest BCUT2D eigenvalue weighted by Crippen LogP contribution is 2.36. The van der Waals surface area contributed by atoms with Crippen LogP contribution in [-0.4, -0.2) is 64.7 Å². The van der Waals surface area contributed by atoms with Crippen LogP contribution in [0.15, 0.2) is 15.9 Å². The van der Waals surface area contributed by atoms with Gasteiger partial charge in [-0.25, -0.2) is 14.8 Å². The van der Waals surface area contributed by atoms with Gasteiger partial charge >= 0.3 is 5.69 Å². The second-order valence-electron chi connectivity index (χ2n) is 5.69. The summed E-state index contributed by atoms with van der Waals surface area (Å²) >= 11 is 0. The van der Waals surface area contributed by atoms with Crippen LogP contribution in [0.3, 0.4) is 0 Å². The van der Waals surface area contributed by atoms with E-state index in [1.807, 2.05) is 0 Å². The van der Waals surface area contributed by atoms with Gasteiger partial charge in [0.25, 0.3) is 5.56 Å². The molecule has 4 rings (SSSR count). The number of H-pyrrole nitrogens is 2. The topological polar surface area (TPSA) is 192 Å². The molecule has 0 bridgehead atoms. The molecule has 0 amide bonds. The molecule has 3 aromatic heterocycles. The Hall–Kier alpha value is -2.80. The Balaban J connectivity index is 2.11. The van der Waals surface area contributed by atoms with Crippen molar-refractivity contribution in [3.63, 3.8) is 0 Å². The summed E-state index contributed by atoms with van der Waals surface area (Å²) in [6, 6.07) is 0. The Labute approximate surface area is 137 Å². The first-order valence-corrected chi connectivity index (χ1v) is 7.33. The van der Waals surface area contributed by atoms with Crippen LogP contribution < -0.4 is 17.0 Å². The Bertz CT molecular complexity index is 1090. The zero-order valence-electron chi connectivity index (χ0n) is 12.6. The maximum absolute atomic E-state index is 12.3. The van der Waals surface area contributed by atoms with Gasteiger partial charge in [-0.2, -0.15) is 0 Å². The number of rotatable bonds is 2. The molecule has 4 heterocycles. The third-order valence-electron chi connectivity index (χ3n) is 4.27. The lowest BCUT2D eigenvalue weighted by molar-refractivity contribution is -0.0492. The number of aromatic nitrogens is 5. The fraction of sp³-hybridized carbons (Fsp3) is 0.385. The minimum atomic E-state index is -1.44. The number of hydrogen-bond donors (Lipinski definition) is 6. The first-order valence-electron chi connectivity index (χ1n) is 7.33. The minimum absolute atomic E-state index is 0.00181. The molecule has 12 heteroatoms. The number of aliphatic hydroxyl groups is 3. The average molecular weight is 350 g/mol. The number of nitrogen functional groups attached to an aromatic ring is 1. The number of nitrogens with one attached hydrogen (secondary N) is 2. The summed E-state index contributed by atoms with van der Waals surface area (Å²) in [5.74, 6) is -0.00181. The third-order valence-corrected chi connectivity index (χ3v) is 4.27. The summed E-state index contributed by atoms with van der Waals surface area (Å²) in [7, 11) is 0. The molecule has 0 spiro atoms. The lowest BCUT2D eigenvalue weighted by Crippen LogP contribution is -2.33. The Morgan fingerprint density at radius 1 is 1.20 bits per heavy atom. The van der Waals surface area contributed by atoms with Crippen LogP contribution in [0.1, 0.15) is 6.23 Å². The summed E-state index contributed by atoms with van der Waals surface area (Å²) < 4.78 is 6.75. The fourth-order valence-electron chi connectivity index (χ4n) is 3.15. The summed E-state index contributed by atoms with van der Waals surface area (Å²) in [4.78, 5) is 36.4. The molecule has 4 atom stereocenters. The second kappa shape index (κ2) is 5.35. The van der Waals surface area contributed by atoms with Gasteiger partial charge < -0.3 is 25.8 Å². The number of anilines is 1. The molecule has 1 fully saturated rings. The van der Waals surface area contributed by atoms with Crippen molar-refractivity contribution in [2.24, 2.45) is 0 Å².